The van der Waals surface area contributed by atoms with Crippen molar-refractivity contribution in [3.05, 3.63) is 71.2 Å². The Kier molecular flexibility index (Phi) is 5.59. The zero-order chi connectivity index (χ0) is 21.1. The van der Waals surface area contributed by atoms with Gasteiger partial charge < -0.3 is 21.6 Å². The molecule has 0 fully saturated rings. The predicted octanol–water partition coefficient (Wildman–Crippen LogP) is 4.31. The molecule has 29 heavy (non-hydrogen) atoms. The average molecular weight is 392 g/mol. The highest BCUT2D eigenvalue weighted by Gasteiger charge is 2.16. The first-order valence-electron chi connectivity index (χ1n) is 9.01. The Morgan fingerprint density at radius 2 is 1.90 bits per heavy atom. The first kappa shape index (κ1) is 20.0. The Balaban J connectivity index is 1.94. The van der Waals surface area contributed by atoms with Crippen LogP contribution in [0.5, 0.6) is 11.5 Å². The predicted molar refractivity (Wildman–Crippen MR) is 111 cm³/mol. The van der Waals surface area contributed by atoms with Gasteiger partial charge in [-0.25, -0.2) is 4.39 Å². The number of halogens is 1. The van der Waals surface area contributed by atoms with Gasteiger partial charge in [-0.05, 0) is 49.2 Å². The van der Waals surface area contributed by atoms with Crippen molar-refractivity contribution in [3.8, 4) is 22.8 Å². The molecule has 6 nitrogen and oxygen atoms in total. The van der Waals surface area contributed by atoms with E-state index >= 15 is 0 Å². The van der Waals surface area contributed by atoms with Crippen molar-refractivity contribution in [2.45, 2.75) is 20.3 Å². The normalized spacial score (nSPS) is 10.6. The molecule has 148 valence electrons. The SMILES string of the molecule is CCc1cc(-c2cc(Oc3ccc(C(C)=N)c(N)c3)ccn2)cc(F)c1C(N)=O. The first-order chi connectivity index (χ1) is 13.8. The maximum atomic E-state index is 14.4. The second kappa shape index (κ2) is 8.10. The summed E-state index contributed by atoms with van der Waals surface area (Å²) in [5, 5.41) is 7.69. The van der Waals surface area contributed by atoms with Crippen LogP contribution in [0.2, 0.25) is 0 Å². The summed E-state index contributed by atoms with van der Waals surface area (Å²) in [6.45, 7) is 3.48. The number of nitrogens with one attached hydrogen (secondary N) is 1. The maximum Gasteiger partial charge on any atom is 0.251 e. The van der Waals surface area contributed by atoms with E-state index in [4.69, 9.17) is 21.6 Å². The summed E-state index contributed by atoms with van der Waals surface area (Å²) in [4.78, 5) is 15.8. The fourth-order valence-electron chi connectivity index (χ4n) is 3.08. The standard InChI is InChI=1S/C22H21FN4O2/c1-3-13-8-14(9-18(23)21(13)22(26)28)20-11-16(6-7-27-20)29-15-4-5-17(12(2)24)19(25)10-15/h4-11,24H,3,25H2,1-2H3,(H2,26,28). The number of amides is 1. The Morgan fingerprint density at radius 1 is 1.17 bits per heavy atom. The lowest BCUT2D eigenvalue weighted by Crippen LogP contribution is -2.16. The van der Waals surface area contributed by atoms with Gasteiger partial charge in [-0.3, -0.25) is 9.78 Å². The molecule has 1 heterocycles. The van der Waals surface area contributed by atoms with Crippen molar-refractivity contribution >= 4 is 17.3 Å². The topological polar surface area (TPSA) is 115 Å². The average Bonchev–Trinajstić information content (AvgIpc) is 2.67. The Hall–Kier alpha value is -3.74. The molecule has 0 unspecified atom stereocenters. The van der Waals surface area contributed by atoms with Crippen LogP contribution in [0.15, 0.2) is 48.7 Å². The van der Waals surface area contributed by atoms with E-state index in [1.165, 1.54) is 6.07 Å². The van der Waals surface area contributed by atoms with Crippen molar-refractivity contribution in [2.75, 3.05) is 5.73 Å². The summed E-state index contributed by atoms with van der Waals surface area (Å²) in [7, 11) is 0. The molecule has 0 bridgehead atoms. The Bertz CT molecular complexity index is 1110. The first-order valence-corrected chi connectivity index (χ1v) is 9.01. The number of aryl methyl sites for hydroxylation is 1. The molecule has 1 amide bonds. The van der Waals surface area contributed by atoms with E-state index in [0.29, 0.717) is 51.7 Å². The molecule has 3 aromatic rings. The zero-order valence-corrected chi connectivity index (χ0v) is 16.1. The third-order valence-corrected chi connectivity index (χ3v) is 4.49. The van der Waals surface area contributed by atoms with Gasteiger partial charge in [0.2, 0.25) is 0 Å². The number of benzene rings is 2. The third-order valence-electron chi connectivity index (χ3n) is 4.49. The monoisotopic (exact) mass is 392 g/mol. The van der Waals surface area contributed by atoms with E-state index in [-0.39, 0.29) is 5.56 Å². The molecule has 0 aliphatic heterocycles. The highest BCUT2D eigenvalue weighted by Crippen LogP contribution is 2.30. The molecule has 0 atom stereocenters. The van der Waals surface area contributed by atoms with E-state index in [0.717, 1.165) is 0 Å². The van der Waals surface area contributed by atoms with Gasteiger partial charge in [-0.15, -0.1) is 0 Å². The largest absolute Gasteiger partial charge is 0.457 e. The van der Waals surface area contributed by atoms with Crippen LogP contribution in [0.25, 0.3) is 11.3 Å². The summed E-state index contributed by atoms with van der Waals surface area (Å²) in [5.74, 6) is -0.470. The van der Waals surface area contributed by atoms with Gasteiger partial charge in [0.05, 0.1) is 11.3 Å². The van der Waals surface area contributed by atoms with Gasteiger partial charge in [-0.2, -0.15) is 0 Å². The molecule has 7 heteroatoms. The lowest BCUT2D eigenvalue weighted by Gasteiger charge is -2.12. The van der Waals surface area contributed by atoms with Gasteiger partial charge in [0.15, 0.2) is 0 Å². The molecule has 0 radical (unpaired) electrons. The van der Waals surface area contributed by atoms with Crippen LogP contribution in [0.4, 0.5) is 10.1 Å². The molecule has 0 aliphatic carbocycles. The van der Waals surface area contributed by atoms with Crippen molar-refractivity contribution in [3.63, 3.8) is 0 Å². The number of nitrogens with two attached hydrogens (primary N) is 2. The zero-order valence-electron chi connectivity index (χ0n) is 16.1. The molecular formula is C22H21FN4O2. The molecule has 0 saturated heterocycles. The van der Waals surface area contributed by atoms with Crippen LogP contribution >= 0.6 is 0 Å². The minimum absolute atomic E-state index is 0.0966. The fraction of sp³-hybridized carbons (Fsp3) is 0.136. The van der Waals surface area contributed by atoms with Crippen LogP contribution in [0, 0.1) is 11.2 Å². The van der Waals surface area contributed by atoms with Crippen molar-refractivity contribution in [2.24, 2.45) is 5.73 Å². The molecule has 0 spiro atoms. The smallest absolute Gasteiger partial charge is 0.251 e. The third kappa shape index (κ3) is 4.24. The maximum absolute atomic E-state index is 14.4. The van der Waals surface area contributed by atoms with E-state index in [2.05, 4.69) is 4.98 Å². The lowest BCUT2D eigenvalue weighted by atomic mass is 9.99. The quantitative estimate of drug-likeness (QED) is 0.428. The second-order valence-corrected chi connectivity index (χ2v) is 6.56. The number of carbonyl (C=O) groups is 1. The number of nitrogens with zero attached hydrogens (tertiary/aromatic N) is 1. The van der Waals surface area contributed by atoms with Gasteiger partial charge in [-0.1, -0.05) is 6.92 Å². The number of hydrogen-bond donors (Lipinski definition) is 3. The van der Waals surface area contributed by atoms with Gasteiger partial charge in [0, 0.05) is 40.9 Å². The van der Waals surface area contributed by atoms with E-state index in [1.807, 2.05) is 6.92 Å². The van der Waals surface area contributed by atoms with E-state index < -0.39 is 11.7 Å². The van der Waals surface area contributed by atoms with Crippen molar-refractivity contribution in [1.29, 1.82) is 5.41 Å². The van der Waals surface area contributed by atoms with Gasteiger partial charge in [0.1, 0.15) is 17.3 Å². The summed E-state index contributed by atoms with van der Waals surface area (Å²) in [6, 6.07) is 11.4. The number of hydrogen-bond acceptors (Lipinski definition) is 5. The highest BCUT2D eigenvalue weighted by molar-refractivity contribution is 6.01. The van der Waals surface area contributed by atoms with Crippen LogP contribution in [-0.2, 0) is 6.42 Å². The number of carbonyl (C=O) groups excluding carboxylic acids is 1. The van der Waals surface area contributed by atoms with Crippen LogP contribution in [-0.4, -0.2) is 16.6 Å². The number of aromatic nitrogens is 1. The summed E-state index contributed by atoms with van der Waals surface area (Å²) < 4.78 is 20.3. The molecule has 3 rings (SSSR count). The van der Waals surface area contributed by atoms with Crippen LogP contribution in [0.1, 0.15) is 35.3 Å². The van der Waals surface area contributed by atoms with E-state index in [1.54, 1.807) is 49.5 Å². The van der Waals surface area contributed by atoms with Crippen LogP contribution < -0.4 is 16.2 Å². The van der Waals surface area contributed by atoms with Crippen LogP contribution in [0.3, 0.4) is 0 Å². The highest BCUT2D eigenvalue weighted by atomic mass is 19.1. The second-order valence-electron chi connectivity index (χ2n) is 6.56. The van der Waals surface area contributed by atoms with Crippen molar-refractivity contribution in [1.82, 2.24) is 4.98 Å². The molecule has 5 N–H and O–H groups in total. The Labute approximate surface area is 167 Å². The number of pyridine rings is 1. The minimum Gasteiger partial charge on any atom is -0.457 e. The summed E-state index contributed by atoms with van der Waals surface area (Å²) >= 11 is 0. The van der Waals surface area contributed by atoms with Gasteiger partial charge in [0.25, 0.3) is 5.91 Å². The summed E-state index contributed by atoms with van der Waals surface area (Å²) in [5.41, 5.74) is 14.2. The lowest BCUT2D eigenvalue weighted by molar-refractivity contribution is 0.0995. The number of primary amides is 1. The fourth-order valence-corrected chi connectivity index (χ4v) is 3.08. The number of rotatable bonds is 6. The molecular weight excluding hydrogens is 371 g/mol. The van der Waals surface area contributed by atoms with Gasteiger partial charge >= 0.3 is 0 Å². The molecule has 0 aliphatic rings. The minimum atomic E-state index is -0.794. The number of anilines is 1. The van der Waals surface area contributed by atoms with Crippen molar-refractivity contribution < 1.29 is 13.9 Å². The molecule has 2 aromatic carbocycles. The molecule has 0 saturated carbocycles. The Morgan fingerprint density at radius 3 is 2.52 bits per heavy atom. The summed E-state index contributed by atoms with van der Waals surface area (Å²) in [6.07, 6.45) is 2.01. The van der Waals surface area contributed by atoms with E-state index in [9.17, 15) is 9.18 Å². The number of ether oxygens (including phenoxy) is 1. The molecule has 1 aromatic heterocycles. The number of nitrogen functional groups attached to an aromatic ring is 1.